The van der Waals surface area contributed by atoms with Gasteiger partial charge in [-0.05, 0) is 50.7 Å². The molecule has 0 saturated carbocycles. The number of nitrogens with zero attached hydrogens (tertiary/aromatic N) is 5. The number of hydrogen-bond donors (Lipinski definition) is 1. The number of amides is 1. The fourth-order valence-corrected chi connectivity index (χ4v) is 6.46. The van der Waals surface area contributed by atoms with Gasteiger partial charge in [0.1, 0.15) is 11.8 Å². The zero-order valence-corrected chi connectivity index (χ0v) is 23.6. The van der Waals surface area contributed by atoms with E-state index in [2.05, 4.69) is 59.6 Å². The lowest BCUT2D eigenvalue weighted by molar-refractivity contribution is -0.124. The number of ether oxygens (including phenoxy) is 1. The number of benzene rings is 2. The van der Waals surface area contributed by atoms with Crippen LogP contribution in [0.3, 0.4) is 0 Å². The lowest BCUT2D eigenvalue weighted by Crippen LogP contribution is -2.50. The maximum absolute atomic E-state index is 13.4. The van der Waals surface area contributed by atoms with Crippen molar-refractivity contribution >= 4 is 27.5 Å². The van der Waals surface area contributed by atoms with Crippen LogP contribution in [0.2, 0.25) is 5.02 Å². The summed E-state index contributed by atoms with van der Waals surface area (Å²) in [4.78, 5) is 15.1. The van der Waals surface area contributed by atoms with E-state index in [9.17, 15) is 13.2 Å². The fourth-order valence-electron chi connectivity index (χ4n) is 4.70. The van der Waals surface area contributed by atoms with Crippen LogP contribution < -0.4 is 10.1 Å². The lowest BCUT2D eigenvalue weighted by Gasteiger charge is -2.31. The Bertz CT molecular complexity index is 1510. The minimum Gasteiger partial charge on any atom is -0.493 e. The van der Waals surface area contributed by atoms with Crippen molar-refractivity contribution < 1.29 is 17.9 Å². The van der Waals surface area contributed by atoms with E-state index < -0.39 is 22.0 Å². The lowest BCUT2D eigenvalue weighted by atomic mass is 9.98. The predicted octanol–water partition coefficient (Wildman–Crippen LogP) is 3.35. The fraction of sp³-hybridized carbons (Fsp3) is 0.370. The van der Waals surface area contributed by atoms with Gasteiger partial charge in [0.15, 0.2) is 0 Å². The second-order valence-corrected chi connectivity index (χ2v) is 12.3. The number of halogens is 1. The second-order valence-electron chi connectivity index (χ2n) is 10.1. The number of carbonyl (C=O) groups is 1. The minimum absolute atomic E-state index is 0.000717. The largest absolute Gasteiger partial charge is 0.493 e. The molecule has 12 heteroatoms. The molecule has 2 atom stereocenters. The standard InChI is InChI=1S/C27H31ClN6O4S/c1-18(2)32(3)16-19-7-8-23-24(9-12-38-26(23)13-19)33-17-21(30-31-33)15-25-27(35)29-10-11-34(25)39(36,37)22-6-4-5-20(28)14-22/h4-8,10-11,13-14,17-18,24-25H,9,12,15-16H2,1-3H3,(H,29,35). The van der Waals surface area contributed by atoms with E-state index in [1.54, 1.807) is 23.0 Å². The van der Waals surface area contributed by atoms with E-state index in [-0.39, 0.29) is 22.4 Å². The van der Waals surface area contributed by atoms with E-state index >= 15 is 0 Å². The van der Waals surface area contributed by atoms with E-state index in [4.69, 9.17) is 16.3 Å². The summed E-state index contributed by atoms with van der Waals surface area (Å²) in [6.07, 6.45) is 5.19. The van der Waals surface area contributed by atoms with Gasteiger partial charge in [-0.2, -0.15) is 0 Å². The summed E-state index contributed by atoms with van der Waals surface area (Å²) in [6, 6.07) is 11.5. The van der Waals surface area contributed by atoms with Crippen molar-refractivity contribution in [3.8, 4) is 5.75 Å². The topological polar surface area (TPSA) is 110 Å². The molecule has 0 spiro atoms. The van der Waals surface area contributed by atoms with Gasteiger partial charge in [0.2, 0.25) is 5.91 Å². The molecule has 3 heterocycles. The average molecular weight is 571 g/mol. The Labute approximate surface area is 233 Å². The van der Waals surface area contributed by atoms with Crippen LogP contribution in [0.4, 0.5) is 0 Å². The molecule has 1 aromatic heterocycles. The molecule has 206 valence electrons. The van der Waals surface area contributed by atoms with Gasteiger partial charge < -0.3 is 10.1 Å². The highest BCUT2D eigenvalue weighted by Gasteiger charge is 2.36. The Morgan fingerprint density at radius 1 is 1.23 bits per heavy atom. The van der Waals surface area contributed by atoms with Gasteiger partial charge in [0, 0.05) is 54.6 Å². The van der Waals surface area contributed by atoms with Crippen molar-refractivity contribution in [1.82, 2.24) is 29.5 Å². The molecule has 3 aromatic rings. The second kappa shape index (κ2) is 11.0. The predicted molar refractivity (Wildman–Crippen MR) is 147 cm³/mol. The molecule has 2 aliphatic heterocycles. The number of aromatic nitrogens is 3. The van der Waals surface area contributed by atoms with Crippen molar-refractivity contribution in [3.05, 3.63) is 82.9 Å². The molecule has 2 aliphatic rings. The highest BCUT2D eigenvalue weighted by atomic mass is 35.5. The maximum Gasteiger partial charge on any atom is 0.264 e. The molecule has 1 amide bonds. The van der Waals surface area contributed by atoms with Crippen LogP contribution in [0, 0.1) is 0 Å². The molecule has 5 rings (SSSR count). The van der Waals surface area contributed by atoms with Crippen LogP contribution in [0.25, 0.3) is 0 Å². The number of fused-ring (bicyclic) bond motifs is 1. The summed E-state index contributed by atoms with van der Waals surface area (Å²) in [6.45, 7) is 5.68. The Balaban J connectivity index is 1.37. The first-order valence-corrected chi connectivity index (χ1v) is 14.6. The van der Waals surface area contributed by atoms with Crippen molar-refractivity contribution in [2.45, 2.75) is 56.3 Å². The van der Waals surface area contributed by atoms with Crippen LogP contribution in [-0.4, -0.2) is 64.3 Å². The molecule has 0 fully saturated rings. The van der Waals surface area contributed by atoms with Crippen molar-refractivity contribution in [2.75, 3.05) is 13.7 Å². The zero-order chi connectivity index (χ0) is 27.7. The molecule has 10 nitrogen and oxygen atoms in total. The Kier molecular flexibility index (Phi) is 7.66. The summed E-state index contributed by atoms with van der Waals surface area (Å²) in [5.74, 6) is 0.376. The summed E-state index contributed by atoms with van der Waals surface area (Å²) >= 11 is 6.03. The van der Waals surface area contributed by atoms with Crippen LogP contribution in [0.1, 0.15) is 43.1 Å². The summed E-state index contributed by atoms with van der Waals surface area (Å²) in [7, 11) is -1.94. The summed E-state index contributed by atoms with van der Waals surface area (Å²) < 4.78 is 35.6. The molecule has 0 radical (unpaired) electrons. The number of carbonyl (C=O) groups excluding carboxylic acids is 1. The van der Waals surface area contributed by atoms with E-state index in [0.717, 1.165) is 22.2 Å². The first-order valence-electron chi connectivity index (χ1n) is 12.8. The minimum atomic E-state index is -4.03. The molecular weight excluding hydrogens is 540 g/mol. The summed E-state index contributed by atoms with van der Waals surface area (Å²) in [5.41, 5.74) is 2.68. The van der Waals surface area contributed by atoms with E-state index in [0.29, 0.717) is 24.8 Å². The third-order valence-electron chi connectivity index (χ3n) is 7.11. The normalized spacial score (nSPS) is 19.2. The van der Waals surface area contributed by atoms with Gasteiger partial charge in [-0.3, -0.25) is 14.0 Å². The van der Waals surface area contributed by atoms with Crippen molar-refractivity contribution in [2.24, 2.45) is 0 Å². The summed E-state index contributed by atoms with van der Waals surface area (Å²) in [5, 5.41) is 11.5. The van der Waals surface area contributed by atoms with Gasteiger partial charge in [-0.25, -0.2) is 13.1 Å². The van der Waals surface area contributed by atoms with Crippen molar-refractivity contribution in [1.29, 1.82) is 0 Å². The molecular formula is C27H31ClN6O4S. The van der Waals surface area contributed by atoms with Crippen LogP contribution >= 0.6 is 11.6 Å². The number of sulfonamides is 1. The molecule has 2 unspecified atom stereocenters. The highest BCUT2D eigenvalue weighted by Crippen LogP contribution is 2.35. The van der Waals surface area contributed by atoms with Crippen LogP contribution in [-0.2, 0) is 27.8 Å². The molecule has 1 N–H and O–H groups in total. The monoisotopic (exact) mass is 570 g/mol. The maximum atomic E-state index is 13.4. The van der Waals surface area contributed by atoms with E-state index in [1.165, 1.54) is 30.1 Å². The van der Waals surface area contributed by atoms with Gasteiger partial charge in [0.05, 0.1) is 23.2 Å². The molecule has 0 bridgehead atoms. The first kappa shape index (κ1) is 27.2. The third-order valence-corrected chi connectivity index (χ3v) is 9.12. The Hall–Kier alpha value is -3.41. The quantitative estimate of drug-likeness (QED) is 0.442. The number of rotatable bonds is 8. The van der Waals surface area contributed by atoms with Gasteiger partial charge in [-0.1, -0.05) is 35.0 Å². The van der Waals surface area contributed by atoms with Gasteiger partial charge in [0.25, 0.3) is 10.0 Å². The third kappa shape index (κ3) is 5.66. The smallest absolute Gasteiger partial charge is 0.264 e. The molecule has 0 aliphatic carbocycles. The Morgan fingerprint density at radius 3 is 2.82 bits per heavy atom. The SMILES string of the molecule is CC(C)N(C)Cc1ccc2c(c1)OCCC2n1cc(CC2C(=O)NC=CN2S(=O)(=O)c2cccc(Cl)c2)nn1. The number of nitrogens with one attached hydrogen (secondary N) is 1. The molecule has 0 saturated heterocycles. The molecule has 2 aromatic carbocycles. The Morgan fingerprint density at radius 2 is 2.05 bits per heavy atom. The van der Waals surface area contributed by atoms with Gasteiger partial charge >= 0.3 is 0 Å². The molecule has 39 heavy (non-hydrogen) atoms. The highest BCUT2D eigenvalue weighted by molar-refractivity contribution is 7.89. The van der Waals surface area contributed by atoms with Gasteiger partial charge in [-0.15, -0.1) is 5.10 Å². The zero-order valence-electron chi connectivity index (χ0n) is 22.0. The van der Waals surface area contributed by atoms with Crippen molar-refractivity contribution in [3.63, 3.8) is 0 Å². The number of hydrogen-bond acceptors (Lipinski definition) is 7. The van der Waals surface area contributed by atoms with E-state index in [1.807, 2.05) is 0 Å². The van der Waals surface area contributed by atoms with Crippen LogP contribution in [0.5, 0.6) is 5.75 Å². The van der Waals surface area contributed by atoms with Crippen LogP contribution in [0.15, 0.2) is 66.0 Å². The first-order chi connectivity index (χ1) is 18.6. The average Bonchev–Trinajstić information content (AvgIpc) is 3.37.